The number of para-hydroxylation sites is 1. The van der Waals surface area contributed by atoms with Crippen LogP contribution >= 0.6 is 0 Å². The highest BCUT2D eigenvalue weighted by Crippen LogP contribution is 2.29. The lowest BCUT2D eigenvalue weighted by molar-refractivity contribution is 0.0990. The molecule has 0 aliphatic heterocycles. The average molecular weight is 351 g/mol. The molecule has 0 unspecified atom stereocenters. The van der Waals surface area contributed by atoms with E-state index in [0.29, 0.717) is 5.56 Å². The van der Waals surface area contributed by atoms with Crippen molar-refractivity contribution in [3.05, 3.63) is 60.0 Å². The standard InChI is InChI=1S/C20H21N3O3/c1-20(2,3)15-7-5-6-8-16(15)21-17(24)19-23-22-18(26-19)13-9-11-14(25-4)12-10-13/h5-12H,1-4H3,(H,21,24). The van der Waals surface area contributed by atoms with Crippen LogP contribution in [0.2, 0.25) is 0 Å². The van der Waals surface area contributed by atoms with Crippen molar-refractivity contribution in [3.63, 3.8) is 0 Å². The first kappa shape index (κ1) is 17.7. The number of hydrogen-bond acceptors (Lipinski definition) is 5. The Bertz CT molecular complexity index is 909. The smallest absolute Gasteiger partial charge is 0.313 e. The molecule has 0 radical (unpaired) electrons. The number of hydrogen-bond donors (Lipinski definition) is 1. The molecule has 0 saturated heterocycles. The molecule has 1 aromatic heterocycles. The summed E-state index contributed by atoms with van der Waals surface area (Å²) in [6.07, 6.45) is 0. The summed E-state index contributed by atoms with van der Waals surface area (Å²) in [6, 6.07) is 14.8. The second kappa shape index (κ2) is 7.00. The highest BCUT2D eigenvalue weighted by atomic mass is 16.5. The van der Waals surface area contributed by atoms with E-state index in [-0.39, 0.29) is 17.2 Å². The Morgan fingerprint density at radius 3 is 2.38 bits per heavy atom. The fourth-order valence-electron chi connectivity index (χ4n) is 2.59. The van der Waals surface area contributed by atoms with Gasteiger partial charge < -0.3 is 14.5 Å². The van der Waals surface area contributed by atoms with Gasteiger partial charge in [0.1, 0.15) is 5.75 Å². The molecule has 0 fully saturated rings. The molecule has 1 N–H and O–H groups in total. The van der Waals surface area contributed by atoms with Gasteiger partial charge in [-0.05, 0) is 41.3 Å². The summed E-state index contributed by atoms with van der Waals surface area (Å²) in [5.41, 5.74) is 2.37. The molecule has 2 aromatic carbocycles. The SMILES string of the molecule is COc1ccc(-c2nnc(C(=O)Nc3ccccc3C(C)(C)C)o2)cc1. The summed E-state index contributed by atoms with van der Waals surface area (Å²) in [5, 5.41) is 10.7. The maximum Gasteiger partial charge on any atom is 0.313 e. The number of rotatable bonds is 4. The molecule has 0 saturated carbocycles. The number of nitrogens with one attached hydrogen (secondary N) is 1. The number of carbonyl (C=O) groups excluding carboxylic acids is 1. The highest BCUT2D eigenvalue weighted by Gasteiger charge is 2.21. The van der Waals surface area contributed by atoms with Crippen molar-refractivity contribution in [2.24, 2.45) is 0 Å². The largest absolute Gasteiger partial charge is 0.497 e. The first-order chi connectivity index (χ1) is 12.4. The van der Waals surface area contributed by atoms with Gasteiger partial charge in [0.15, 0.2) is 0 Å². The monoisotopic (exact) mass is 351 g/mol. The van der Waals surface area contributed by atoms with Gasteiger partial charge >= 0.3 is 11.8 Å². The normalized spacial score (nSPS) is 11.2. The van der Waals surface area contributed by atoms with Crippen molar-refractivity contribution in [2.75, 3.05) is 12.4 Å². The van der Waals surface area contributed by atoms with Gasteiger partial charge in [-0.3, -0.25) is 4.79 Å². The van der Waals surface area contributed by atoms with Crippen molar-refractivity contribution < 1.29 is 13.9 Å². The van der Waals surface area contributed by atoms with Crippen LogP contribution in [0.5, 0.6) is 5.75 Å². The maximum atomic E-state index is 12.5. The first-order valence-corrected chi connectivity index (χ1v) is 8.27. The Balaban J connectivity index is 1.81. The molecule has 1 amide bonds. The summed E-state index contributed by atoms with van der Waals surface area (Å²) >= 11 is 0. The average Bonchev–Trinajstić information content (AvgIpc) is 3.11. The zero-order valence-electron chi connectivity index (χ0n) is 15.2. The molecule has 0 bridgehead atoms. The van der Waals surface area contributed by atoms with E-state index in [1.165, 1.54) is 0 Å². The third-order valence-electron chi connectivity index (χ3n) is 3.94. The number of anilines is 1. The van der Waals surface area contributed by atoms with E-state index in [4.69, 9.17) is 9.15 Å². The first-order valence-electron chi connectivity index (χ1n) is 8.27. The number of aromatic nitrogens is 2. The second-order valence-corrected chi connectivity index (χ2v) is 6.89. The molecule has 6 heteroatoms. The van der Waals surface area contributed by atoms with E-state index in [1.54, 1.807) is 31.4 Å². The maximum absolute atomic E-state index is 12.5. The number of ether oxygens (including phenoxy) is 1. The summed E-state index contributed by atoms with van der Waals surface area (Å²) in [5.74, 6) is 0.487. The quantitative estimate of drug-likeness (QED) is 0.758. The molecule has 0 spiro atoms. The van der Waals surface area contributed by atoms with Gasteiger partial charge in [0.05, 0.1) is 7.11 Å². The Hall–Kier alpha value is -3.15. The van der Waals surface area contributed by atoms with Crippen LogP contribution in [0.1, 0.15) is 37.0 Å². The number of nitrogens with zero attached hydrogens (tertiary/aromatic N) is 2. The van der Waals surface area contributed by atoms with Gasteiger partial charge in [-0.1, -0.05) is 39.0 Å². The summed E-state index contributed by atoms with van der Waals surface area (Å²) in [7, 11) is 1.60. The zero-order valence-corrected chi connectivity index (χ0v) is 15.2. The van der Waals surface area contributed by atoms with Crippen LogP contribution in [0.15, 0.2) is 52.9 Å². The fourth-order valence-corrected chi connectivity index (χ4v) is 2.59. The molecule has 134 valence electrons. The van der Waals surface area contributed by atoms with E-state index in [2.05, 4.69) is 36.3 Å². The third-order valence-corrected chi connectivity index (χ3v) is 3.94. The van der Waals surface area contributed by atoms with Crippen LogP contribution in [0.3, 0.4) is 0 Å². The van der Waals surface area contributed by atoms with E-state index in [1.807, 2.05) is 24.3 Å². The van der Waals surface area contributed by atoms with Crippen LogP contribution in [0.4, 0.5) is 5.69 Å². The van der Waals surface area contributed by atoms with Crippen LogP contribution < -0.4 is 10.1 Å². The Morgan fingerprint density at radius 2 is 1.73 bits per heavy atom. The van der Waals surface area contributed by atoms with Gasteiger partial charge in [-0.15, -0.1) is 10.2 Å². The Morgan fingerprint density at radius 1 is 1.04 bits per heavy atom. The van der Waals surface area contributed by atoms with Crippen molar-refractivity contribution in [2.45, 2.75) is 26.2 Å². The molecule has 26 heavy (non-hydrogen) atoms. The van der Waals surface area contributed by atoms with Gasteiger partial charge in [0.2, 0.25) is 5.89 Å². The lowest BCUT2D eigenvalue weighted by Crippen LogP contribution is -2.18. The summed E-state index contributed by atoms with van der Waals surface area (Å²) in [4.78, 5) is 12.5. The van der Waals surface area contributed by atoms with Crippen LogP contribution in [-0.4, -0.2) is 23.2 Å². The summed E-state index contributed by atoms with van der Waals surface area (Å²) < 4.78 is 10.7. The number of carbonyl (C=O) groups is 1. The fraction of sp³-hybridized carbons (Fsp3) is 0.250. The number of methoxy groups -OCH3 is 1. The lowest BCUT2D eigenvalue weighted by Gasteiger charge is -2.22. The van der Waals surface area contributed by atoms with Crippen molar-refractivity contribution in [1.82, 2.24) is 10.2 Å². The number of amides is 1. The minimum atomic E-state index is -0.436. The molecular formula is C20H21N3O3. The lowest BCUT2D eigenvalue weighted by atomic mass is 9.86. The Labute approximate surface area is 152 Å². The van der Waals surface area contributed by atoms with E-state index in [9.17, 15) is 4.79 Å². The van der Waals surface area contributed by atoms with E-state index >= 15 is 0 Å². The van der Waals surface area contributed by atoms with Crippen LogP contribution in [-0.2, 0) is 5.41 Å². The predicted molar refractivity (Wildman–Crippen MR) is 99.4 cm³/mol. The van der Waals surface area contributed by atoms with E-state index < -0.39 is 5.91 Å². The minimum Gasteiger partial charge on any atom is -0.497 e. The zero-order chi connectivity index (χ0) is 18.7. The molecular weight excluding hydrogens is 330 g/mol. The van der Waals surface area contributed by atoms with E-state index in [0.717, 1.165) is 17.0 Å². The molecule has 0 aliphatic rings. The Kier molecular flexibility index (Phi) is 4.75. The highest BCUT2D eigenvalue weighted by molar-refractivity contribution is 6.01. The van der Waals surface area contributed by atoms with Gasteiger partial charge in [-0.2, -0.15) is 0 Å². The molecule has 1 heterocycles. The van der Waals surface area contributed by atoms with Gasteiger partial charge in [-0.25, -0.2) is 0 Å². The third kappa shape index (κ3) is 3.74. The minimum absolute atomic E-state index is 0.0838. The van der Waals surface area contributed by atoms with Crippen LogP contribution in [0.25, 0.3) is 11.5 Å². The van der Waals surface area contributed by atoms with Crippen molar-refractivity contribution >= 4 is 11.6 Å². The topological polar surface area (TPSA) is 77.2 Å². The second-order valence-electron chi connectivity index (χ2n) is 6.89. The van der Waals surface area contributed by atoms with Crippen molar-refractivity contribution in [1.29, 1.82) is 0 Å². The van der Waals surface area contributed by atoms with Crippen LogP contribution in [0, 0.1) is 0 Å². The molecule has 3 aromatic rings. The van der Waals surface area contributed by atoms with Gasteiger partial charge in [0, 0.05) is 11.3 Å². The summed E-state index contributed by atoms with van der Waals surface area (Å²) in [6.45, 7) is 6.27. The molecule has 0 atom stereocenters. The van der Waals surface area contributed by atoms with Crippen molar-refractivity contribution in [3.8, 4) is 17.2 Å². The predicted octanol–water partition coefficient (Wildman–Crippen LogP) is 4.30. The molecule has 6 nitrogen and oxygen atoms in total. The molecule has 3 rings (SSSR count). The molecule has 0 aliphatic carbocycles. The van der Waals surface area contributed by atoms with Gasteiger partial charge in [0.25, 0.3) is 0 Å². The number of benzene rings is 2.